The summed E-state index contributed by atoms with van der Waals surface area (Å²) in [7, 11) is 0. The van der Waals surface area contributed by atoms with Crippen LogP contribution in [0.2, 0.25) is 0 Å². The van der Waals surface area contributed by atoms with Gasteiger partial charge in [-0.1, -0.05) is 42.5 Å². The molecule has 3 heteroatoms. The number of thioether (sulfide) groups is 2. The molecular formula is C14H12OS2. The second-order valence-electron chi connectivity index (χ2n) is 3.41. The maximum absolute atomic E-state index is 12.0. The van der Waals surface area contributed by atoms with Gasteiger partial charge in [-0.15, -0.1) is 11.8 Å². The molecule has 17 heavy (non-hydrogen) atoms. The third-order valence-electron chi connectivity index (χ3n) is 2.28. The van der Waals surface area contributed by atoms with Gasteiger partial charge in [0.15, 0.2) is 0 Å². The van der Waals surface area contributed by atoms with Gasteiger partial charge in [-0.25, -0.2) is 0 Å². The Kier molecular flexibility index (Phi) is 4.29. The van der Waals surface area contributed by atoms with E-state index in [4.69, 9.17) is 0 Å². The summed E-state index contributed by atoms with van der Waals surface area (Å²) in [5.41, 5.74) is 0.744. The van der Waals surface area contributed by atoms with Gasteiger partial charge in [0.25, 0.3) is 0 Å². The second-order valence-corrected chi connectivity index (χ2v) is 5.27. The molecule has 0 atom stereocenters. The van der Waals surface area contributed by atoms with Crippen molar-refractivity contribution < 1.29 is 4.79 Å². The summed E-state index contributed by atoms with van der Waals surface area (Å²) in [4.78, 5) is 14.2. The van der Waals surface area contributed by atoms with Gasteiger partial charge >= 0.3 is 0 Å². The predicted molar refractivity (Wildman–Crippen MR) is 74.9 cm³/mol. The summed E-state index contributed by atoms with van der Waals surface area (Å²) in [6, 6.07) is 17.3. The van der Waals surface area contributed by atoms with Crippen molar-refractivity contribution in [3.63, 3.8) is 0 Å². The van der Waals surface area contributed by atoms with Crippen LogP contribution in [0.1, 0.15) is 10.4 Å². The molecule has 0 unspecified atom stereocenters. The van der Waals surface area contributed by atoms with Crippen molar-refractivity contribution >= 4 is 28.6 Å². The fraction of sp³-hybridized carbons (Fsp3) is 0.0714. The van der Waals surface area contributed by atoms with Crippen LogP contribution < -0.4 is 0 Å². The zero-order valence-corrected chi connectivity index (χ0v) is 11.1. The summed E-state index contributed by atoms with van der Waals surface area (Å²) >= 11 is 2.95. The molecule has 2 aromatic rings. The van der Waals surface area contributed by atoms with Gasteiger partial charge in [-0.2, -0.15) is 0 Å². The lowest BCUT2D eigenvalue weighted by molar-refractivity contribution is 0.108. The molecule has 0 radical (unpaired) electrons. The van der Waals surface area contributed by atoms with Crippen LogP contribution in [-0.2, 0) is 0 Å². The maximum Gasteiger partial charge on any atom is 0.224 e. The third kappa shape index (κ3) is 3.14. The average molecular weight is 260 g/mol. The zero-order valence-electron chi connectivity index (χ0n) is 9.42. The first-order chi connectivity index (χ1) is 8.31. The van der Waals surface area contributed by atoms with Crippen LogP contribution in [0, 0.1) is 0 Å². The molecule has 0 heterocycles. The molecule has 0 fully saturated rings. The Labute approximate surface area is 110 Å². The number of hydrogen-bond acceptors (Lipinski definition) is 3. The van der Waals surface area contributed by atoms with Gasteiger partial charge in [0, 0.05) is 15.4 Å². The van der Waals surface area contributed by atoms with E-state index in [0.717, 1.165) is 15.4 Å². The second kappa shape index (κ2) is 5.94. The highest BCUT2D eigenvalue weighted by Crippen LogP contribution is 2.31. The molecule has 0 saturated heterocycles. The molecule has 2 rings (SSSR count). The molecule has 0 N–H and O–H groups in total. The molecule has 0 aromatic heterocycles. The van der Waals surface area contributed by atoms with Crippen molar-refractivity contribution in [2.75, 3.05) is 6.26 Å². The highest BCUT2D eigenvalue weighted by atomic mass is 32.2. The number of benzene rings is 2. The van der Waals surface area contributed by atoms with Gasteiger partial charge < -0.3 is 0 Å². The van der Waals surface area contributed by atoms with Crippen molar-refractivity contribution in [2.45, 2.75) is 9.79 Å². The Bertz CT molecular complexity index is 509. The van der Waals surface area contributed by atoms with Crippen molar-refractivity contribution in [3.8, 4) is 0 Å². The van der Waals surface area contributed by atoms with Gasteiger partial charge in [-0.3, -0.25) is 4.79 Å². The summed E-state index contributed by atoms with van der Waals surface area (Å²) < 4.78 is 0. The molecule has 0 bridgehead atoms. The van der Waals surface area contributed by atoms with E-state index >= 15 is 0 Å². The number of hydrogen-bond donors (Lipinski definition) is 0. The molecule has 0 saturated carbocycles. The summed E-state index contributed by atoms with van der Waals surface area (Å²) in [5, 5.41) is 0.0899. The van der Waals surface area contributed by atoms with Gasteiger partial charge in [0.1, 0.15) is 0 Å². The van der Waals surface area contributed by atoms with E-state index in [0.29, 0.717) is 0 Å². The van der Waals surface area contributed by atoms with Gasteiger partial charge in [-0.05, 0) is 30.2 Å². The molecule has 0 spiro atoms. The summed E-state index contributed by atoms with van der Waals surface area (Å²) in [6.07, 6.45) is 2.02. The average Bonchev–Trinajstić information content (AvgIpc) is 2.40. The Morgan fingerprint density at radius 2 is 1.47 bits per heavy atom. The molecule has 1 nitrogen and oxygen atoms in total. The molecule has 86 valence electrons. The SMILES string of the molecule is CSc1ccccc1SC(=O)c1ccccc1. The fourth-order valence-electron chi connectivity index (χ4n) is 1.44. The van der Waals surface area contributed by atoms with Crippen molar-refractivity contribution in [3.05, 3.63) is 60.2 Å². The number of rotatable bonds is 3. The Hall–Kier alpha value is -1.19. The minimum atomic E-state index is 0.0899. The van der Waals surface area contributed by atoms with Crippen LogP contribution >= 0.6 is 23.5 Å². The summed E-state index contributed by atoms with van der Waals surface area (Å²) in [6.45, 7) is 0. The molecule has 2 aromatic carbocycles. The Morgan fingerprint density at radius 3 is 2.12 bits per heavy atom. The molecule has 0 aliphatic carbocycles. The summed E-state index contributed by atoms with van der Waals surface area (Å²) in [5.74, 6) is 0. The largest absolute Gasteiger partial charge is 0.281 e. The molecule has 0 aliphatic rings. The van der Waals surface area contributed by atoms with Crippen molar-refractivity contribution in [1.82, 2.24) is 0 Å². The van der Waals surface area contributed by atoms with E-state index in [1.165, 1.54) is 11.8 Å². The maximum atomic E-state index is 12.0. The first kappa shape index (κ1) is 12.3. The topological polar surface area (TPSA) is 17.1 Å². The first-order valence-corrected chi connectivity index (χ1v) is 7.25. The van der Waals surface area contributed by atoms with Crippen LogP contribution in [0.15, 0.2) is 64.4 Å². The standard InChI is InChI=1S/C14H12OS2/c1-16-12-9-5-6-10-13(12)17-14(15)11-7-3-2-4-8-11/h2-10H,1H3. The lowest BCUT2D eigenvalue weighted by atomic mass is 10.2. The van der Waals surface area contributed by atoms with E-state index in [1.54, 1.807) is 11.8 Å². The van der Waals surface area contributed by atoms with Crippen LogP contribution in [0.5, 0.6) is 0 Å². The third-order valence-corrected chi connectivity index (χ3v) is 4.20. The van der Waals surface area contributed by atoms with Crippen molar-refractivity contribution in [2.24, 2.45) is 0 Å². The van der Waals surface area contributed by atoms with E-state index in [2.05, 4.69) is 0 Å². The van der Waals surface area contributed by atoms with Crippen LogP contribution in [0.25, 0.3) is 0 Å². The number of carbonyl (C=O) groups excluding carboxylic acids is 1. The van der Waals surface area contributed by atoms with E-state index < -0.39 is 0 Å². The van der Waals surface area contributed by atoms with Gasteiger partial charge in [0.2, 0.25) is 5.12 Å². The fourth-order valence-corrected chi connectivity index (χ4v) is 3.06. The molecule has 0 amide bonds. The zero-order chi connectivity index (χ0) is 12.1. The molecule has 0 aliphatic heterocycles. The van der Waals surface area contributed by atoms with E-state index in [-0.39, 0.29) is 5.12 Å². The minimum absolute atomic E-state index is 0.0899. The van der Waals surface area contributed by atoms with Crippen LogP contribution in [-0.4, -0.2) is 11.4 Å². The van der Waals surface area contributed by atoms with E-state index in [1.807, 2.05) is 60.9 Å². The van der Waals surface area contributed by atoms with Crippen LogP contribution in [0.3, 0.4) is 0 Å². The van der Waals surface area contributed by atoms with Crippen LogP contribution in [0.4, 0.5) is 0 Å². The lowest BCUT2D eigenvalue weighted by Gasteiger charge is -2.05. The normalized spacial score (nSPS) is 10.2. The lowest BCUT2D eigenvalue weighted by Crippen LogP contribution is -1.92. The smallest absolute Gasteiger partial charge is 0.224 e. The minimum Gasteiger partial charge on any atom is -0.281 e. The molecular weight excluding hydrogens is 248 g/mol. The first-order valence-electron chi connectivity index (χ1n) is 5.21. The highest BCUT2D eigenvalue weighted by Gasteiger charge is 2.09. The quantitative estimate of drug-likeness (QED) is 0.764. The van der Waals surface area contributed by atoms with Gasteiger partial charge in [0.05, 0.1) is 0 Å². The van der Waals surface area contributed by atoms with E-state index in [9.17, 15) is 4.79 Å². The highest BCUT2D eigenvalue weighted by molar-refractivity contribution is 8.14. The van der Waals surface area contributed by atoms with Crippen molar-refractivity contribution in [1.29, 1.82) is 0 Å². The number of carbonyl (C=O) groups is 1. The predicted octanol–water partition coefficient (Wildman–Crippen LogP) is 4.34. The Balaban J connectivity index is 2.19. The monoisotopic (exact) mass is 260 g/mol. The Morgan fingerprint density at radius 1 is 0.882 bits per heavy atom.